The molecule has 21 heavy (non-hydrogen) atoms. The van der Waals surface area contributed by atoms with Crippen LogP contribution in [0.4, 0.5) is 0 Å². The van der Waals surface area contributed by atoms with Crippen LogP contribution in [0.25, 0.3) is 10.9 Å². The molecule has 2 N–H and O–H groups in total. The molecular formula is C18H25ClN2. The molecule has 1 aliphatic rings. The Morgan fingerprint density at radius 3 is 2.81 bits per heavy atom. The van der Waals surface area contributed by atoms with E-state index >= 15 is 0 Å². The first-order valence-electron chi connectivity index (χ1n) is 8.20. The molecule has 0 spiro atoms. The Bertz CT molecular complexity index is 611. The van der Waals surface area contributed by atoms with Crippen LogP contribution in [0.2, 0.25) is 5.02 Å². The summed E-state index contributed by atoms with van der Waals surface area (Å²) in [5.41, 5.74) is 8.80. The number of fused-ring (bicyclic) bond motifs is 1. The van der Waals surface area contributed by atoms with E-state index in [1.807, 2.05) is 6.07 Å². The van der Waals surface area contributed by atoms with Crippen molar-refractivity contribution in [2.45, 2.75) is 58.0 Å². The van der Waals surface area contributed by atoms with Gasteiger partial charge >= 0.3 is 0 Å². The zero-order valence-corrected chi connectivity index (χ0v) is 13.6. The molecule has 0 saturated heterocycles. The Kier molecular flexibility index (Phi) is 4.56. The van der Waals surface area contributed by atoms with E-state index in [2.05, 4.69) is 29.8 Å². The number of halogens is 1. The highest BCUT2D eigenvalue weighted by molar-refractivity contribution is 6.31. The van der Waals surface area contributed by atoms with E-state index in [4.69, 9.17) is 17.3 Å². The Balaban J connectivity index is 1.95. The van der Waals surface area contributed by atoms with Crippen molar-refractivity contribution in [3.05, 3.63) is 35.0 Å². The maximum absolute atomic E-state index is 6.21. The molecule has 0 amide bonds. The number of benzene rings is 1. The SMILES string of the molecule is CCC(N)Cc1cn(CC2CCCC2)c2cc(Cl)ccc12. The van der Waals surface area contributed by atoms with Crippen molar-refractivity contribution in [1.29, 1.82) is 0 Å². The smallest absolute Gasteiger partial charge is 0.0498 e. The van der Waals surface area contributed by atoms with Crippen LogP contribution in [0.5, 0.6) is 0 Å². The molecular weight excluding hydrogens is 280 g/mol. The molecule has 1 saturated carbocycles. The van der Waals surface area contributed by atoms with Crippen molar-refractivity contribution in [2.75, 3.05) is 0 Å². The van der Waals surface area contributed by atoms with E-state index in [1.54, 1.807) is 0 Å². The summed E-state index contributed by atoms with van der Waals surface area (Å²) in [7, 11) is 0. The Morgan fingerprint density at radius 2 is 2.10 bits per heavy atom. The van der Waals surface area contributed by atoms with Crippen molar-refractivity contribution < 1.29 is 0 Å². The maximum atomic E-state index is 6.21. The number of hydrogen-bond acceptors (Lipinski definition) is 1. The van der Waals surface area contributed by atoms with E-state index in [1.165, 1.54) is 42.1 Å². The van der Waals surface area contributed by atoms with Crippen molar-refractivity contribution in [3.8, 4) is 0 Å². The number of nitrogens with two attached hydrogens (primary N) is 1. The molecule has 2 nitrogen and oxygen atoms in total. The summed E-state index contributed by atoms with van der Waals surface area (Å²) in [5, 5.41) is 2.14. The molecule has 114 valence electrons. The van der Waals surface area contributed by atoms with Gasteiger partial charge in [0.05, 0.1) is 0 Å². The van der Waals surface area contributed by atoms with Gasteiger partial charge in [-0.2, -0.15) is 0 Å². The van der Waals surface area contributed by atoms with Crippen LogP contribution >= 0.6 is 11.6 Å². The molecule has 3 rings (SSSR count). The van der Waals surface area contributed by atoms with Gasteiger partial charge in [-0.25, -0.2) is 0 Å². The third kappa shape index (κ3) is 3.27. The van der Waals surface area contributed by atoms with Gasteiger partial charge in [0.15, 0.2) is 0 Å². The first-order valence-corrected chi connectivity index (χ1v) is 8.58. The summed E-state index contributed by atoms with van der Waals surface area (Å²) in [6.07, 6.45) is 9.79. The van der Waals surface area contributed by atoms with Gasteiger partial charge in [-0.15, -0.1) is 0 Å². The lowest BCUT2D eigenvalue weighted by molar-refractivity contribution is 0.465. The normalized spacial score (nSPS) is 17.7. The molecule has 1 fully saturated rings. The summed E-state index contributed by atoms with van der Waals surface area (Å²) < 4.78 is 2.41. The number of rotatable bonds is 5. The third-order valence-electron chi connectivity index (χ3n) is 4.86. The van der Waals surface area contributed by atoms with Crippen molar-refractivity contribution in [1.82, 2.24) is 4.57 Å². The molecule has 1 unspecified atom stereocenters. The van der Waals surface area contributed by atoms with Gasteiger partial charge in [0, 0.05) is 34.7 Å². The molecule has 0 radical (unpaired) electrons. The number of nitrogens with zero attached hydrogens (tertiary/aromatic N) is 1. The first kappa shape index (κ1) is 14.9. The quantitative estimate of drug-likeness (QED) is 0.848. The second-order valence-electron chi connectivity index (χ2n) is 6.49. The van der Waals surface area contributed by atoms with Gasteiger partial charge in [-0.05, 0) is 49.3 Å². The topological polar surface area (TPSA) is 30.9 Å². The number of aromatic nitrogens is 1. The van der Waals surface area contributed by atoms with Gasteiger partial charge in [0.1, 0.15) is 0 Å². The lowest BCUT2D eigenvalue weighted by Gasteiger charge is -2.11. The van der Waals surface area contributed by atoms with Crippen LogP contribution in [0.3, 0.4) is 0 Å². The maximum Gasteiger partial charge on any atom is 0.0498 e. The Morgan fingerprint density at radius 1 is 1.33 bits per heavy atom. The van der Waals surface area contributed by atoms with E-state index in [0.717, 1.165) is 30.3 Å². The lowest BCUT2D eigenvalue weighted by atomic mass is 10.0. The molecule has 1 heterocycles. The monoisotopic (exact) mass is 304 g/mol. The molecule has 1 atom stereocenters. The van der Waals surface area contributed by atoms with Gasteiger partial charge in [-0.3, -0.25) is 0 Å². The minimum Gasteiger partial charge on any atom is -0.347 e. The fraction of sp³-hybridized carbons (Fsp3) is 0.556. The average molecular weight is 305 g/mol. The molecule has 1 aromatic heterocycles. The van der Waals surface area contributed by atoms with Crippen molar-refractivity contribution >= 4 is 22.5 Å². The number of hydrogen-bond donors (Lipinski definition) is 1. The van der Waals surface area contributed by atoms with Gasteiger partial charge in [0.2, 0.25) is 0 Å². The molecule has 3 heteroatoms. The van der Waals surface area contributed by atoms with Crippen molar-refractivity contribution in [3.63, 3.8) is 0 Å². The Labute approximate surface area is 132 Å². The largest absolute Gasteiger partial charge is 0.347 e. The predicted molar refractivity (Wildman–Crippen MR) is 90.9 cm³/mol. The van der Waals surface area contributed by atoms with E-state index < -0.39 is 0 Å². The van der Waals surface area contributed by atoms with Crippen LogP contribution < -0.4 is 5.73 Å². The highest BCUT2D eigenvalue weighted by Gasteiger charge is 2.18. The highest BCUT2D eigenvalue weighted by Crippen LogP contribution is 2.31. The Hall–Kier alpha value is -0.990. The summed E-state index contributed by atoms with van der Waals surface area (Å²) in [4.78, 5) is 0. The molecule has 1 aliphatic carbocycles. The summed E-state index contributed by atoms with van der Waals surface area (Å²) in [5.74, 6) is 0.826. The highest BCUT2D eigenvalue weighted by atomic mass is 35.5. The molecule has 0 bridgehead atoms. The van der Waals surface area contributed by atoms with Gasteiger partial charge < -0.3 is 10.3 Å². The van der Waals surface area contributed by atoms with Crippen LogP contribution in [0.1, 0.15) is 44.6 Å². The van der Waals surface area contributed by atoms with Crippen LogP contribution in [0.15, 0.2) is 24.4 Å². The molecule has 1 aromatic carbocycles. The van der Waals surface area contributed by atoms with Gasteiger partial charge in [-0.1, -0.05) is 37.4 Å². The predicted octanol–water partition coefficient (Wildman–Crippen LogP) is 4.76. The van der Waals surface area contributed by atoms with E-state index in [-0.39, 0.29) is 6.04 Å². The summed E-state index contributed by atoms with van der Waals surface area (Å²) in [6.45, 7) is 3.28. The van der Waals surface area contributed by atoms with E-state index in [9.17, 15) is 0 Å². The minimum absolute atomic E-state index is 0.242. The fourth-order valence-electron chi connectivity index (χ4n) is 3.55. The van der Waals surface area contributed by atoms with Crippen LogP contribution in [-0.4, -0.2) is 10.6 Å². The zero-order valence-electron chi connectivity index (χ0n) is 12.8. The summed E-state index contributed by atoms with van der Waals surface area (Å²) in [6, 6.07) is 6.49. The fourth-order valence-corrected chi connectivity index (χ4v) is 3.72. The van der Waals surface area contributed by atoms with Crippen molar-refractivity contribution in [2.24, 2.45) is 11.7 Å². The van der Waals surface area contributed by atoms with E-state index in [0.29, 0.717) is 0 Å². The molecule has 0 aliphatic heterocycles. The minimum atomic E-state index is 0.242. The summed E-state index contributed by atoms with van der Waals surface area (Å²) >= 11 is 6.21. The second-order valence-corrected chi connectivity index (χ2v) is 6.93. The zero-order chi connectivity index (χ0) is 14.8. The lowest BCUT2D eigenvalue weighted by Crippen LogP contribution is -2.21. The van der Waals surface area contributed by atoms with Crippen LogP contribution in [-0.2, 0) is 13.0 Å². The average Bonchev–Trinajstić information content (AvgIpc) is 3.08. The van der Waals surface area contributed by atoms with Crippen LogP contribution in [0, 0.1) is 5.92 Å². The van der Waals surface area contributed by atoms with Gasteiger partial charge in [0.25, 0.3) is 0 Å². The third-order valence-corrected chi connectivity index (χ3v) is 5.10. The second kappa shape index (κ2) is 6.41. The molecule has 2 aromatic rings. The first-order chi connectivity index (χ1) is 10.2. The standard InChI is InChI=1S/C18H25ClN2/c1-2-16(20)9-14-12-21(11-13-5-3-4-6-13)18-10-15(19)7-8-17(14)18/h7-8,10,12-13,16H,2-6,9,11,20H2,1H3.